The molecule has 0 aliphatic carbocycles. The first kappa shape index (κ1) is 9.67. The monoisotopic (exact) mass is 271 g/mol. The van der Waals surface area contributed by atoms with Gasteiger partial charge in [-0.15, -0.1) is 0 Å². The molecule has 1 nitrogen and oxygen atoms in total. The van der Waals surface area contributed by atoms with Gasteiger partial charge in [0.05, 0.1) is 5.52 Å². The molecule has 2 heteroatoms. The molecule has 0 amide bonds. The zero-order valence-corrected chi connectivity index (χ0v) is 10.2. The molecule has 0 unspecified atom stereocenters. The van der Waals surface area contributed by atoms with Crippen LogP contribution in [0.3, 0.4) is 0 Å². The van der Waals surface area contributed by atoms with E-state index in [-0.39, 0.29) is 0 Å². The highest BCUT2D eigenvalue weighted by molar-refractivity contribution is 9.11. The second-order valence-electron chi connectivity index (χ2n) is 3.73. The van der Waals surface area contributed by atoms with Crippen molar-refractivity contribution in [1.29, 1.82) is 0 Å². The van der Waals surface area contributed by atoms with E-state index in [1.54, 1.807) is 0 Å². The number of fused-ring (bicyclic) bond motifs is 3. The van der Waals surface area contributed by atoms with Crippen molar-refractivity contribution in [1.82, 2.24) is 4.98 Å². The van der Waals surface area contributed by atoms with Gasteiger partial charge in [-0.3, -0.25) is 0 Å². The number of hydrogen-bond donors (Lipinski definition) is 1. The van der Waals surface area contributed by atoms with Crippen LogP contribution in [0.25, 0.3) is 27.9 Å². The van der Waals surface area contributed by atoms with E-state index in [1.807, 2.05) is 4.99 Å². The SMILES string of the molecule is BrC=Cc1cccc2c1[nH]c1ccccc12. The van der Waals surface area contributed by atoms with Crippen LogP contribution in [0, 0.1) is 0 Å². The van der Waals surface area contributed by atoms with E-state index in [0.717, 1.165) is 0 Å². The minimum atomic E-state index is 1.19. The molecule has 1 N–H and O–H groups in total. The first-order valence-electron chi connectivity index (χ1n) is 5.16. The molecule has 0 atom stereocenters. The molecule has 16 heavy (non-hydrogen) atoms. The molecule has 0 aliphatic heterocycles. The van der Waals surface area contributed by atoms with Crippen molar-refractivity contribution in [3.63, 3.8) is 0 Å². The van der Waals surface area contributed by atoms with Crippen molar-refractivity contribution >= 4 is 43.8 Å². The highest BCUT2D eigenvalue weighted by atomic mass is 79.9. The molecule has 0 saturated heterocycles. The van der Waals surface area contributed by atoms with Crippen molar-refractivity contribution in [3.05, 3.63) is 53.0 Å². The second kappa shape index (κ2) is 3.80. The van der Waals surface area contributed by atoms with Crippen molar-refractivity contribution in [2.24, 2.45) is 0 Å². The summed E-state index contributed by atoms with van der Waals surface area (Å²) >= 11 is 3.32. The Bertz CT molecular complexity index is 679. The fourth-order valence-electron chi connectivity index (χ4n) is 2.10. The van der Waals surface area contributed by atoms with Crippen LogP contribution in [0.5, 0.6) is 0 Å². The van der Waals surface area contributed by atoms with Crippen LogP contribution in [0.15, 0.2) is 47.4 Å². The Morgan fingerprint density at radius 1 is 0.938 bits per heavy atom. The first-order chi connectivity index (χ1) is 7.90. The van der Waals surface area contributed by atoms with Gasteiger partial charge >= 0.3 is 0 Å². The molecule has 3 rings (SSSR count). The summed E-state index contributed by atoms with van der Waals surface area (Å²) in [6, 6.07) is 14.7. The number of hydrogen-bond acceptors (Lipinski definition) is 0. The average molecular weight is 272 g/mol. The quantitative estimate of drug-likeness (QED) is 0.661. The topological polar surface area (TPSA) is 15.8 Å². The van der Waals surface area contributed by atoms with Crippen LogP contribution in [0.2, 0.25) is 0 Å². The second-order valence-corrected chi connectivity index (χ2v) is 4.26. The minimum absolute atomic E-state index is 1.19. The van der Waals surface area contributed by atoms with Gasteiger partial charge in [-0.1, -0.05) is 52.3 Å². The fraction of sp³-hybridized carbons (Fsp3) is 0. The van der Waals surface area contributed by atoms with Gasteiger partial charge in [0.15, 0.2) is 0 Å². The fourth-order valence-corrected chi connectivity index (χ4v) is 2.39. The van der Waals surface area contributed by atoms with Crippen LogP contribution in [0.4, 0.5) is 0 Å². The molecule has 0 bridgehead atoms. The maximum absolute atomic E-state index is 3.46. The van der Waals surface area contributed by atoms with E-state index in [1.165, 1.54) is 27.4 Å². The van der Waals surface area contributed by atoms with E-state index in [0.29, 0.717) is 0 Å². The summed E-state index contributed by atoms with van der Waals surface area (Å²) in [6.45, 7) is 0. The Kier molecular flexibility index (Phi) is 2.29. The molecule has 1 aromatic heterocycles. The van der Waals surface area contributed by atoms with Crippen LogP contribution in [0.1, 0.15) is 5.56 Å². The van der Waals surface area contributed by atoms with E-state index in [9.17, 15) is 0 Å². The first-order valence-corrected chi connectivity index (χ1v) is 6.08. The number of halogens is 1. The Hall–Kier alpha value is -1.54. The highest BCUT2D eigenvalue weighted by Gasteiger charge is 2.04. The smallest absolute Gasteiger partial charge is 0.0538 e. The molecule has 0 saturated carbocycles. The molecule has 0 radical (unpaired) electrons. The zero-order chi connectivity index (χ0) is 11.0. The van der Waals surface area contributed by atoms with Crippen LogP contribution in [-0.4, -0.2) is 4.98 Å². The molecule has 0 spiro atoms. The Morgan fingerprint density at radius 2 is 1.75 bits per heavy atom. The standard InChI is InChI=1S/C14H10BrN/c15-9-8-10-4-3-6-12-11-5-1-2-7-13(11)16-14(10)12/h1-9,16H. The predicted octanol–water partition coefficient (Wildman–Crippen LogP) is 4.69. The lowest BCUT2D eigenvalue weighted by Gasteiger charge is -1.95. The van der Waals surface area contributed by atoms with Gasteiger partial charge in [0.1, 0.15) is 0 Å². The number of aromatic nitrogens is 1. The Labute approximate surface area is 102 Å². The zero-order valence-electron chi connectivity index (χ0n) is 8.57. The number of benzene rings is 2. The van der Waals surface area contributed by atoms with Gasteiger partial charge < -0.3 is 4.98 Å². The molecule has 1 heterocycles. The van der Waals surface area contributed by atoms with Gasteiger partial charge in [-0.2, -0.15) is 0 Å². The lowest BCUT2D eigenvalue weighted by atomic mass is 10.1. The molecule has 78 valence electrons. The Balaban J connectivity index is 2.48. The molecule has 2 aromatic carbocycles. The predicted molar refractivity (Wildman–Crippen MR) is 73.8 cm³/mol. The van der Waals surface area contributed by atoms with Crippen LogP contribution in [-0.2, 0) is 0 Å². The Morgan fingerprint density at radius 3 is 2.62 bits per heavy atom. The van der Waals surface area contributed by atoms with Gasteiger partial charge in [0, 0.05) is 16.3 Å². The lowest BCUT2D eigenvalue weighted by Crippen LogP contribution is -1.74. The third-order valence-electron chi connectivity index (χ3n) is 2.82. The van der Waals surface area contributed by atoms with E-state index >= 15 is 0 Å². The molecule has 0 aliphatic rings. The summed E-state index contributed by atoms with van der Waals surface area (Å²) in [4.78, 5) is 5.34. The van der Waals surface area contributed by atoms with Gasteiger partial charge in [-0.25, -0.2) is 0 Å². The third-order valence-corrected chi connectivity index (χ3v) is 3.08. The van der Waals surface area contributed by atoms with Crippen molar-refractivity contribution in [3.8, 4) is 0 Å². The molecular weight excluding hydrogens is 262 g/mol. The van der Waals surface area contributed by atoms with Crippen LogP contribution < -0.4 is 0 Å². The van der Waals surface area contributed by atoms with Gasteiger partial charge in [0.2, 0.25) is 0 Å². The average Bonchev–Trinajstić information content (AvgIpc) is 2.69. The maximum atomic E-state index is 3.46. The minimum Gasteiger partial charge on any atom is -0.354 e. The van der Waals surface area contributed by atoms with Gasteiger partial charge in [-0.05, 0) is 22.7 Å². The summed E-state index contributed by atoms with van der Waals surface area (Å²) in [5.41, 5.74) is 3.58. The lowest BCUT2D eigenvalue weighted by molar-refractivity contribution is 1.53. The highest BCUT2D eigenvalue weighted by Crippen LogP contribution is 2.28. The van der Waals surface area contributed by atoms with Crippen LogP contribution >= 0.6 is 15.9 Å². The largest absolute Gasteiger partial charge is 0.354 e. The number of aromatic amines is 1. The normalized spacial score (nSPS) is 11.8. The summed E-state index contributed by atoms with van der Waals surface area (Å²) in [5, 5.41) is 2.56. The van der Waals surface area contributed by atoms with E-state index < -0.39 is 0 Å². The van der Waals surface area contributed by atoms with E-state index in [2.05, 4.69) is 69.5 Å². The van der Waals surface area contributed by atoms with Gasteiger partial charge in [0.25, 0.3) is 0 Å². The summed E-state index contributed by atoms with van der Waals surface area (Å²) in [5.74, 6) is 0. The summed E-state index contributed by atoms with van der Waals surface area (Å²) in [6.07, 6.45) is 2.05. The van der Waals surface area contributed by atoms with Crippen molar-refractivity contribution in [2.75, 3.05) is 0 Å². The number of nitrogens with one attached hydrogen (secondary N) is 1. The third kappa shape index (κ3) is 1.38. The van der Waals surface area contributed by atoms with Crippen molar-refractivity contribution < 1.29 is 0 Å². The maximum Gasteiger partial charge on any atom is 0.0538 e. The number of para-hydroxylation sites is 2. The molecule has 3 aromatic rings. The molecular formula is C14H10BrN. The summed E-state index contributed by atoms with van der Waals surface area (Å²) < 4.78 is 0. The van der Waals surface area contributed by atoms with E-state index in [4.69, 9.17) is 0 Å². The number of rotatable bonds is 1. The van der Waals surface area contributed by atoms with Crippen molar-refractivity contribution in [2.45, 2.75) is 0 Å². The number of H-pyrrole nitrogens is 1. The molecule has 0 fully saturated rings. The summed E-state index contributed by atoms with van der Waals surface area (Å²) in [7, 11) is 0.